The van der Waals surface area contributed by atoms with Gasteiger partial charge in [0, 0.05) is 31.2 Å². The second kappa shape index (κ2) is 7.20. The summed E-state index contributed by atoms with van der Waals surface area (Å²) < 4.78 is 12.9. The zero-order chi connectivity index (χ0) is 16.3. The summed E-state index contributed by atoms with van der Waals surface area (Å²) in [5.74, 6) is -0.418. The fraction of sp³-hybridized carbons (Fsp3) is 0.588. The molecule has 1 aromatic carbocycles. The molecule has 1 aromatic rings. The standard InChI is InChI=1S/C17H25FN2O2/c1-12(5-4-10-20-11-16(21)13(20)2)19(3)17(22)14-6-8-15(18)9-7-14/h6-9,12-13,16,21H,4-5,10-11H2,1-3H3/t12-,13-,16-/m0/s1. The molecule has 1 fully saturated rings. The van der Waals surface area contributed by atoms with E-state index in [4.69, 9.17) is 0 Å². The van der Waals surface area contributed by atoms with Crippen LogP contribution in [0.3, 0.4) is 0 Å². The molecule has 1 N–H and O–H groups in total. The van der Waals surface area contributed by atoms with Crippen LogP contribution in [0.2, 0.25) is 0 Å². The van der Waals surface area contributed by atoms with Gasteiger partial charge in [0.15, 0.2) is 0 Å². The summed E-state index contributed by atoms with van der Waals surface area (Å²) >= 11 is 0. The van der Waals surface area contributed by atoms with Gasteiger partial charge in [-0.05, 0) is 57.5 Å². The highest BCUT2D eigenvalue weighted by atomic mass is 19.1. The molecule has 0 radical (unpaired) electrons. The third-order valence-electron chi connectivity index (χ3n) is 4.69. The van der Waals surface area contributed by atoms with E-state index in [-0.39, 0.29) is 29.9 Å². The topological polar surface area (TPSA) is 43.8 Å². The number of carbonyl (C=O) groups excluding carboxylic acids is 1. The van der Waals surface area contributed by atoms with Gasteiger partial charge < -0.3 is 10.0 Å². The molecule has 1 saturated heterocycles. The molecule has 0 bridgehead atoms. The van der Waals surface area contributed by atoms with Gasteiger partial charge in [0.1, 0.15) is 5.82 Å². The molecule has 4 nitrogen and oxygen atoms in total. The van der Waals surface area contributed by atoms with Crippen LogP contribution >= 0.6 is 0 Å². The zero-order valence-corrected chi connectivity index (χ0v) is 13.5. The fourth-order valence-corrected chi connectivity index (χ4v) is 2.74. The van der Waals surface area contributed by atoms with Gasteiger partial charge in [-0.1, -0.05) is 0 Å². The lowest BCUT2D eigenvalue weighted by Gasteiger charge is -2.43. The summed E-state index contributed by atoms with van der Waals surface area (Å²) in [4.78, 5) is 16.3. The van der Waals surface area contributed by atoms with Crippen LogP contribution in [0.5, 0.6) is 0 Å². The average Bonchev–Trinajstić information content (AvgIpc) is 2.52. The van der Waals surface area contributed by atoms with Gasteiger partial charge in [-0.2, -0.15) is 0 Å². The lowest BCUT2D eigenvalue weighted by atomic mass is 10.0. The fourth-order valence-electron chi connectivity index (χ4n) is 2.74. The van der Waals surface area contributed by atoms with E-state index in [0.29, 0.717) is 5.56 Å². The molecule has 122 valence electrons. The number of benzene rings is 1. The van der Waals surface area contributed by atoms with Gasteiger partial charge in [-0.25, -0.2) is 4.39 Å². The zero-order valence-electron chi connectivity index (χ0n) is 13.5. The van der Waals surface area contributed by atoms with E-state index in [1.54, 1.807) is 11.9 Å². The first kappa shape index (κ1) is 16.9. The van der Waals surface area contributed by atoms with Crippen LogP contribution in [-0.2, 0) is 0 Å². The largest absolute Gasteiger partial charge is 0.390 e. The van der Waals surface area contributed by atoms with Crippen LogP contribution < -0.4 is 0 Å². The normalized spacial score (nSPS) is 23.0. The van der Waals surface area contributed by atoms with Gasteiger partial charge in [0.25, 0.3) is 5.91 Å². The van der Waals surface area contributed by atoms with Crippen LogP contribution in [0.1, 0.15) is 37.0 Å². The first-order valence-corrected chi connectivity index (χ1v) is 7.85. The number of β-amino-alcohol motifs (C(OH)–C–C–N with tert-alkyl or cyclic N) is 1. The molecule has 0 saturated carbocycles. The molecule has 0 aliphatic carbocycles. The second-order valence-electron chi connectivity index (χ2n) is 6.22. The third kappa shape index (κ3) is 3.84. The van der Waals surface area contributed by atoms with Crippen LogP contribution in [-0.4, -0.2) is 59.1 Å². The summed E-state index contributed by atoms with van der Waals surface area (Å²) in [5.41, 5.74) is 0.509. The Morgan fingerprint density at radius 3 is 2.64 bits per heavy atom. The Bertz CT molecular complexity index is 506. The third-order valence-corrected chi connectivity index (χ3v) is 4.69. The summed E-state index contributed by atoms with van der Waals surface area (Å²) in [6.07, 6.45) is 1.70. The van der Waals surface area contributed by atoms with Gasteiger partial charge in [0.2, 0.25) is 0 Å². The van der Waals surface area contributed by atoms with Crippen molar-refractivity contribution in [1.29, 1.82) is 0 Å². The second-order valence-corrected chi connectivity index (χ2v) is 6.22. The Morgan fingerprint density at radius 1 is 1.45 bits per heavy atom. The van der Waals surface area contributed by atoms with E-state index in [0.717, 1.165) is 25.9 Å². The number of carbonyl (C=O) groups is 1. The maximum atomic E-state index is 12.9. The minimum absolute atomic E-state index is 0.0831. The first-order chi connectivity index (χ1) is 10.4. The number of hydrogen-bond donors (Lipinski definition) is 1. The molecule has 0 spiro atoms. The molecular formula is C17H25FN2O2. The lowest BCUT2D eigenvalue weighted by Crippen LogP contribution is -2.58. The van der Waals surface area contributed by atoms with Gasteiger partial charge in [-0.3, -0.25) is 9.69 Å². The van der Waals surface area contributed by atoms with E-state index in [9.17, 15) is 14.3 Å². The van der Waals surface area contributed by atoms with E-state index in [1.807, 2.05) is 13.8 Å². The van der Waals surface area contributed by atoms with E-state index >= 15 is 0 Å². The highest BCUT2D eigenvalue weighted by molar-refractivity contribution is 5.94. The molecule has 1 heterocycles. The van der Waals surface area contributed by atoms with Crippen LogP contribution in [0.25, 0.3) is 0 Å². The van der Waals surface area contributed by atoms with Crippen molar-refractivity contribution in [2.75, 3.05) is 20.1 Å². The Labute approximate surface area is 131 Å². The minimum Gasteiger partial charge on any atom is -0.390 e. The van der Waals surface area contributed by atoms with Crippen LogP contribution in [0, 0.1) is 5.82 Å². The van der Waals surface area contributed by atoms with E-state index in [2.05, 4.69) is 4.90 Å². The van der Waals surface area contributed by atoms with Crippen molar-refractivity contribution in [3.63, 3.8) is 0 Å². The Hall–Kier alpha value is -1.46. The molecule has 3 atom stereocenters. The van der Waals surface area contributed by atoms with Crippen molar-refractivity contribution in [1.82, 2.24) is 9.80 Å². The molecule has 5 heteroatoms. The number of aliphatic hydroxyl groups excluding tert-OH is 1. The molecular weight excluding hydrogens is 283 g/mol. The first-order valence-electron chi connectivity index (χ1n) is 7.85. The SMILES string of the molecule is C[C@H]1[C@@H](O)CN1CCC[C@H](C)N(C)C(=O)c1ccc(F)cc1. The predicted molar refractivity (Wildman–Crippen MR) is 84.2 cm³/mol. The summed E-state index contributed by atoms with van der Waals surface area (Å²) in [6, 6.07) is 6.02. The number of likely N-dealkylation sites (tertiary alicyclic amines) is 1. The summed E-state index contributed by atoms with van der Waals surface area (Å²) in [5, 5.41) is 9.48. The molecule has 22 heavy (non-hydrogen) atoms. The molecule has 0 aromatic heterocycles. The van der Waals surface area contributed by atoms with Crippen molar-refractivity contribution in [2.24, 2.45) is 0 Å². The number of amides is 1. The maximum Gasteiger partial charge on any atom is 0.253 e. The van der Waals surface area contributed by atoms with Crippen molar-refractivity contribution in [3.8, 4) is 0 Å². The highest BCUT2D eigenvalue weighted by Gasteiger charge is 2.32. The molecule has 1 aliphatic rings. The van der Waals surface area contributed by atoms with E-state index in [1.165, 1.54) is 24.3 Å². The van der Waals surface area contributed by atoms with Crippen molar-refractivity contribution >= 4 is 5.91 Å². The Kier molecular flexibility index (Phi) is 5.53. The smallest absolute Gasteiger partial charge is 0.253 e. The van der Waals surface area contributed by atoms with Gasteiger partial charge >= 0.3 is 0 Å². The Balaban J connectivity index is 1.77. The van der Waals surface area contributed by atoms with Gasteiger partial charge in [-0.15, -0.1) is 0 Å². The highest BCUT2D eigenvalue weighted by Crippen LogP contribution is 2.19. The average molecular weight is 308 g/mol. The Morgan fingerprint density at radius 2 is 2.09 bits per heavy atom. The van der Waals surface area contributed by atoms with Crippen molar-refractivity contribution in [3.05, 3.63) is 35.6 Å². The van der Waals surface area contributed by atoms with Crippen molar-refractivity contribution < 1.29 is 14.3 Å². The number of rotatable bonds is 6. The van der Waals surface area contributed by atoms with Crippen LogP contribution in [0.15, 0.2) is 24.3 Å². The number of halogens is 1. The monoisotopic (exact) mass is 308 g/mol. The predicted octanol–water partition coefficient (Wildman–Crippen LogP) is 2.13. The number of aliphatic hydroxyl groups is 1. The minimum atomic E-state index is -0.335. The van der Waals surface area contributed by atoms with Gasteiger partial charge in [0.05, 0.1) is 6.10 Å². The van der Waals surface area contributed by atoms with Crippen molar-refractivity contribution in [2.45, 2.75) is 44.9 Å². The molecule has 1 aliphatic heterocycles. The quantitative estimate of drug-likeness (QED) is 0.875. The van der Waals surface area contributed by atoms with E-state index < -0.39 is 0 Å². The van der Waals surface area contributed by atoms with Crippen LogP contribution in [0.4, 0.5) is 4.39 Å². The number of nitrogens with zero attached hydrogens (tertiary/aromatic N) is 2. The maximum absolute atomic E-state index is 12.9. The summed E-state index contributed by atoms with van der Waals surface area (Å²) in [6.45, 7) is 5.75. The summed E-state index contributed by atoms with van der Waals surface area (Å²) in [7, 11) is 1.78. The molecule has 2 rings (SSSR count). The lowest BCUT2D eigenvalue weighted by molar-refractivity contribution is -0.0528. The molecule has 0 unspecified atom stereocenters. The number of hydrogen-bond acceptors (Lipinski definition) is 3. The molecule has 1 amide bonds.